The van der Waals surface area contributed by atoms with E-state index in [4.69, 9.17) is 15.6 Å². The van der Waals surface area contributed by atoms with Crippen molar-refractivity contribution in [3.63, 3.8) is 0 Å². The van der Waals surface area contributed by atoms with Gasteiger partial charge < -0.3 is 15.6 Å². The van der Waals surface area contributed by atoms with Crippen LogP contribution < -0.4 is 10.5 Å². The SMILES string of the molecule is Nc1cccc(OCO)c1. The van der Waals surface area contributed by atoms with E-state index in [2.05, 4.69) is 0 Å². The maximum absolute atomic E-state index is 8.35. The number of benzene rings is 1. The Hall–Kier alpha value is -1.22. The molecule has 0 fully saturated rings. The van der Waals surface area contributed by atoms with Gasteiger partial charge in [0.05, 0.1) is 0 Å². The smallest absolute Gasteiger partial charge is 0.186 e. The Labute approximate surface area is 59.0 Å². The Morgan fingerprint density at radius 1 is 1.50 bits per heavy atom. The van der Waals surface area contributed by atoms with E-state index < -0.39 is 0 Å². The van der Waals surface area contributed by atoms with Gasteiger partial charge in [0.2, 0.25) is 0 Å². The van der Waals surface area contributed by atoms with Crippen LogP contribution in [0.2, 0.25) is 0 Å². The van der Waals surface area contributed by atoms with Crippen LogP contribution >= 0.6 is 0 Å². The van der Waals surface area contributed by atoms with E-state index in [9.17, 15) is 0 Å². The van der Waals surface area contributed by atoms with Crippen LogP contribution in [0.3, 0.4) is 0 Å². The maximum Gasteiger partial charge on any atom is 0.186 e. The molecule has 1 rings (SSSR count). The van der Waals surface area contributed by atoms with Gasteiger partial charge in [-0.2, -0.15) is 0 Å². The third kappa shape index (κ3) is 1.63. The van der Waals surface area contributed by atoms with Crippen LogP contribution in [0.5, 0.6) is 5.75 Å². The van der Waals surface area contributed by atoms with Crippen molar-refractivity contribution in [1.82, 2.24) is 0 Å². The molecule has 3 heteroatoms. The van der Waals surface area contributed by atoms with Gasteiger partial charge in [0.1, 0.15) is 5.75 Å². The second kappa shape index (κ2) is 3.08. The lowest BCUT2D eigenvalue weighted by molar-refractivity contribution is 0.0986. The summed E-state index contributed by atoms with van der Waals surface area (Å²) in [5, 5.41) is 8.35. The molecule has 10 heavy (non-hydrogen) atoms. The van der Waals surface area contributed by atoms with Gasteiger partial charge in [-0.25, -0.2) is 0 Å². The summed E-state index contributed by atoms with van der Waals surface area (Å²) in [6.45, 7) is -0.316. The van der Waals surface area contributed by atoms with Crippen molar-refractivity contribution in [1.29, 1.82) is 0 Å². The maximum atomic E-state index is 8.35. The van der Waals surface area contributed by atoms with Crippen molar-refractivity contribution in [3.8, 4) is 5.75 Å². The monoisotopic (exact) mass is 139 g/mol. The van der Waals surface area contributed by atoms with Crippen LogP contribution in [-0.4, -0.2) is 11.9 Å². The number of aliphatic hydroxyl groups is 1. The summed E-state index contributed by atoms with van der Waals surface area (Å²) >= 11 is 0. The molecule has 3 nitrogen and oxygen atoms in total. The molecule has 0 aliphatic rings. The minimum atomic E-state index is -0.316. The Kier molecular flexibility index (Phi) is 2.12. The van der Waals surface area contributed by atoms with Crippen LogP contribution in [0.25, 0.3) is 0 Å². The zero-order valence-electron chi connectivity index (χ0n) is 5.45. The summed E-state index contributed by atoms with van der Waals surface area (Å²) in [6, 6.07) is 6.90. The molecule has 0 atom stereocenters. The first kappa shape index (κ1) is 6.89. The molecule has 0 saturated carbocycles. The molecule has 54 valence electrons. The number of hydrogen-bond acceptors (Lipinski definition) is 3. The number of rotatable bonds is 2. The average molecular weight is 139 g/mol. The first-order valence-corrected chi connectivity index (χ1v) is 2.92. The molecule has 1 aromatic carbocycles. The summed E-state index contributed by atoms with van der Waals surface area (Å²) in [4.78, 5) is 0. The molecular weight excluding hydrogens is 130 g/mol. The molecule has 0 aromatic heterocycles. The van der Waals surface area contributed by atoms with Crippen molar-refractivity contribution in [3.05, 3.63) is 24.3 Å². The zero-order chi connectivity index (χ0) is 7.40. The molecule has 0 spiro atoms. The predicted octanol–water partition coefficient (Wildman–Crippen LogP) is 0.597. The van der Waals surface area contributed by atoms with Crippen LogP contribution in [0.15, 0.2) is 24.3 Å². The van der Waals surface area contributed by atoms with Gasteiger partial charge in [-0.1, -0.05) is 6.07 Å². The van der Waals surface area contributed by atoms with E-state index in [1.807, 2.05) is 0 Å². The Bertz CT molecular complexity index is 213. The molecule has 0 aliphatic carbocycles. The number of nitrogens with two attached hydrogens (primary N) is 1. The van der Waals surface area contributed by atoms with Gasteiger partial charge in [0, 0.05) is 11.8 Å². The third-order valence-electron chi connectivity index (χ3n) is 1.09. The van der Waals surface area contributed by atoms with Gasteiger partial charge in [-0.05, 0) is 12.1 Å². The highest BCUT2D eigenvalue weighted by molar-refractivity contribution is 5.43. The highest BCUT2D eigenvalue weighted by Crippen LogP contribution is 2.13. The van der Waals surface area contributed by atoms with E-state index in [1.54, 1.807) is 24.3 Å². The third-order valence-corrected chi connectivity index (χ3v) is 1.09. The highest BCUT2D eigenvalue weighted by atomic mass is 16.6. The minimum Gasteiger partial charge on any atom is -0.468 e. The first-order valence-electron chi connectivity index (χ1n) is 2.92. The number of aliphatic hydroxyl groups excluding tert-OH is 1. The van der Waals surface area contributed by atoms with E-state index in [-0.39, 0.29) is 6.79 Å². The minimum absolute atomic E-state index is 0.316. The van der Waals surface area contributed by atoms with E-state index >= 15 is 0 Å². The fourth-order valence-corrected chi connectivity index (χ4v) is 0.679. The Morgan fingerprint density at radius 3 is 2.90 bits per heavy atom. The van der Waals surface area contributed by atoms with Crippen molar-refractivity contribution < 1.29 is 9.84 Å². The molecule has 0 saturated heterocycles. The summed E-state index contributed by atoms with van der Waals surface area (Å²) in [5.41, 5.74) is 6.06. The van der Waals surface area contributed by atoms with Crippen molar-refractivity contribution in [2.75, 3.05) is 12.5 Å². The molecule has 0 unspecified atom stereocenters. The summed E-state index contributed by atoms with van der Waals surface area (Å²) in [5.74, 6) is 0.586. The van der Waals surface area contributed by atoms with Crippen LogP contribution in [-0.2, 0) is 0 Å². The van der Waals surface area contributed by atoms with E-state index in [1.165, 1.54) is 0 Å². The average Bonchev–Trinajstić information content (AvgIpc) is 1.88. The van der Waals surface area contributed by atoms with Crippen molar-refractivity contribution in [2.24, 2.45) is 0 Å². The molecule has 3 N–H and O–H groups in total. The van der Waals surface area contributed by atoms with E-state index in [0.717, 1.165) is 0 Å². The molecule has 0 heterocycles. The summed E-state index contributed by atoms with van der Waals surface area (Å²) in [6.07, 6.45) is 0. The Morgan fingerprint density at radius 2 is 2.30 bits per heavy atom. The number of ether oxygens (including phenoxy) is 1. The van der Waals surface area contributed by atoms with Crippen molar-refractivity contribution in [2.45, 2.75) is 0 Å². The first-order chi connectivity index (χ1) is 4.83. The number of anilines is 1. The number of hydrogen-bond donors (Lipinski definition) is 2. The van der Waals surface area contributed by atoms with Gasteiger partial charge in [-0.3, -0.25) is 0 Å². The molecule has 1 aromatic rings. The normalized spacial score (nSPS) is 9.30. The van der Waals surface area contributed by atoms with Gasteiger partial charge in [0.15, 0.2) is 6.79 Å². The summed E-state index contributed by atoms with van der Waals surface area (Å²) < 4.78 is 4.76. The van der Waals surface area contributed by atoms with Gasteiger partial charge in [-0.15, -0.1) is 0 Å². The van der Waals surface area contributed by atoms with E-state index in [0.29, 0.717) is 11.4 Å². The fourth-order valence-electron chi connectivity index (χ4n) is 0.679. The highest BCUT2D eigenvalue weighted by Gasteiger charge is 1.90. The lowest BCUT2D eigenvalue weighted by Gasteiger charge is -2.00. The zero-order valence-corrected chi connectivity index (χ0v) is 5.45. The second-order valence-corrected chi connectivity index (χ2v) is 1.85. The standard InChI is InChI=1S/C7H9NO2/c8-6-2-1-3-7(4-6)10-5-9/h1-4,9H,5,8H2. The topological polar surface area (TPSA) is 55.5 Å². The van der Waals surface area contributed by atoms with Crippen LogP contribution in [0.4, 0.5) is 5.69 Å². The van der Waals surface area contributed by atoms with Gasteiger partial charge >= 0.3 is 0 Å². The fraction of sp³-hybridized carbons (Fsp3) is 0.143. The summed E-state index contributed by atoms with van der Waals surface area (Å²) in [7, 11) is 0. The molecule has 0 aliphatic heterocycles. The Balaban J connectivity index is 2.75. The molecular formula is C7H9NO2. The predicted molar refractivity (Wildman–Crippen MR) is 38.6 cm³/mol. The lowest BCUT2D eigenvalue weighted by atomic mass is 10.3. The lowest BCUT2D eigenvalue weighted by Crippen LogP contribution is -1.94. The molecule has 0 amide bonds. The van der Waals surface area contributed by atoms with Crippen LogP contribution in [0, 0.1) is 0 Å². The quantitative estimate of drug-likeness (QED) is 0.466. The molecule has 0 radical (unpaired) electrons. The molecule has 0 bridgehead atoms. The van der Waals surface area contributed by atoms with Crippen molar-refractivity contribution >= 4 is 5.69 Å². The largest absolute Gasteiger partial charge is 0.468 e. The number of nitrogen functional groups attached to an aromatic ring is 1. The van der Waals surface area contributed by atoms with Crippen LogP contribution in [0.1, 0.15) is 0 Å². The van der Waals surface area contributed by atoms with Gasteiger partial charge in [0.25, 0.3) is 0 Å². The second-order valence-electron chi connectivity index (χ2n) is 1.85.